The molecule has 162 valence electrons. The number of halogens is 1. The molecule has 1 N–H and O–H groups in total. The molecule has 1 saturated heterocycles. The van der Waals surface area contributed by atoms with Crippen LogP contribution in [-0.4, -0.2) is 45.5 Å². The van der Waals surface area contributed by atoms with Crippen LogP contribution < -0.4 is 5.32 Å². The van der Waals surface area contributed by atoms with Crippen LogP contribution in [0.15, 0.2) is 4.52 Å². The maximum absolute atomic E-state index is 6.65. The fourth-order valence-electron chi connectivity index (χ4n) is 3.92. The highest BCUT2D eigenvalue weighted by atomic mass is 35.5. The normalized spacial score (nSPS) is 18.9. The molecule has 3 heterocycles. The molecule has 1 fully saturated rings. The van der Waals surface area contributed by atoms with Gasteiger partial charge < -0.3 is 9.84 Å². The van der Waals surface area contributed by atoms with Crippen molar-refractivity contribution in [3.8, 4) is 11.4 Å². The summed E-state index contributed by atoms with van der Waals surface area (Å²) in [5.74, 6) is 0.825. The Morgan fingerprint density at radius 2 is 1.97 bits per heavy atom. The SMILES string of the molecule is Cc1onc(-c2nn(C)c(Cl)c2CN2CCCCC(NCCC(C)(C)C)C2)c1C. The first-order valence-electron chi connectivity index (χ1n) is 10.8. The van der Waals surface area contributed by atoms with Crippen LogP contribution in [0.3, 0.4) is 0 Å². The van der Waals surface area contributed by atoms with Crippen molar-refractivity contribution >= 4 is 11.6 Å². The van der Waals surface area contributed by atoms with E-state index in [0.717, 1.165) is 54.5 Å². The standard InChI is InChI=1S/C22H36ClN5O/c1-15-16(2)29-26-19(15)20-18(21(23)27(6)25-20)14-28-12-8-7-9-17(13-28)24-11-10-22(3,4)5/h17,24H,7-14H2,1-6H3. The van der Waals surface area contributed by atoms with Crippen molar-refractivity contribution in [2.24, 2.45) is 12.5 Å². The number of nitrogens with zero attached hydrogens (tertiary/aromatic N) is 4. The summed E-state index contributed by atoms with van der Waals surface area (Å²) in [6.45, 7) is 14.8. The van der Waals surface area contributed by atoms with Gasteiger partial charge in [0, 0.05) is 37.3 Å². The highest BCUT2D eigenvalue weighted by Gasteiger charge is 2.25. The molecule has 0 spiro atoms. The van der Waals surface area contributed by atoms with Crippen LogP contribution in [0.1, 0.15) is 63.3 Å². The van der Waals surface area contributed by atoms with Crippen LogP contribution in [-0.2, 0) is 13.6 Å². The topological polar surface area (TPSA) is 59.1 Å². The number of hydrogen-bond donors (Lipinski definition) is 1. The Morgan fingerprint density at radius 3 is 2.62 bits per heavy atom. The van der Waals surface area contributed by atoms with Gasteiger partial charge in [0.2, 0.25) is 0 Å². The summed E-state index contributed by atoms with van der Waals surface area (Å²) in [5, 5.41) is 13.4. The fourth-order valence-corrected chi connectivity index (χ4v) is 4.11. The predicted octanol–water partition coefficient (Wildman–Crippen LogP) is 4.73. The summed E-state index contributed by atoms with van der Waals surface area (Å²) >= 11 is 6.65. The van der Waals surface area contributed by atoms with E-state index >= 15 is 0 Å². The Morgan fingerprint density at radius 1 is 1.21 bits per heavy atom. The molecule has 3 rings (SSSR count). The van der Waals surface area contributed by atoms with Crippen molar-refractivity contribution < 1.29 is 4.52 Å². The predicted molar refractivity (Wildman–Crippen MR) is 118 cm³/mol. The van der Waals surface area contributed by atoms with Gasteiger partial charge in [-0.05, 0) is 51.6 Å². The Kier molecular flexibility index (Phi) is 7.07. The minimum absolute atomic E-state index is 0.364. The first-order chi connectivity index (χ1) is 13.7. The summed E-state index contributed by atoms with van der Waals surface area (Å²) in [4.78, 5) is 2.51. The number of aryl methyl sites for hydroxylation is 2. The first kappa shape index (κ1) is 22.3. The molecule has 2 aromatic heterocycles. The smallest absolute Gasteiger partial charge is 0.137 e. The van der Waals surface area contributed by atoms with E-state index < -0.39 is 0 Å². The molecule has 0 radical (unpaired) electrons. The van der Waals surface area contributed by atoms with Crippen molar-refractivity contribution in [1.29, 1.82) is 0 Å². The van der Waals surface area contributed by atoms with Crippen LogP contribution in [0.25, 0.3) is 11.4 Å². The third-order valence-corrected chi connectivity index (χ3v) is 6.37. The van der Waals surface area contributed by atoms with Crippen molar-refractivity contribution in [1.82, 2.24) is 25.2 Å². The number of nitrogens with one attached hydrogen (secondary N) is 1. The molecular formula is C22H36ClN5O. The summed E-state index contributed by atoms with van der Waals surface area (Å²) in [5.41, 5.74) is 4.07. The molecule has 1 aliphatic heterocycles. The van der Waals surface area contributed by atoms with E-state index in [1.165, 1.54) is 25.7 Å². The van der Waals surface area contributed by atoms with Gasteiger partial charge in [0.1, 0.15) is 22.3 Å². The molecule has 1 unspecified atom stereocenters. The Bertz CT molecular complexity index is 820. The first-order valence-corrected chi connectivity index (χ1v) is 11.1. The lowest BCUT2D eigenvalue weighted by molar-refractivity contribution is 0.246. The maximum atomic E-state index is 6.65. The largest absolute Gasteiger partial charge is 0.361 e. The van der Waals surface area contributed by atoms with Crippen LogP contribution >= 0.6 is 11.6 Å². The van der Waals surface area contributed by atoms with Gasteiger partial charge in [0.25, 0.3) is 0 Å². The van der Waals surface area contributed by atoms with Gasteiger partial charge in [-0.1, -0.05) is 43.9 Å². The molecule has 0 saturated carbocycles. The zero-order valence-electron chi connectivity index (χ0n) is 18.8. The van der Waals surface area contributed by atoms with E-state index in [1.807, 2.05) is 20.9 Å². The second-order valence-electron chi connectivity index (χ2n) is 9.65. The lowest BCUT2D eigenvalue weighted by Crippen LogP contribution is -2.40. The Balaban J connectivity index is 1.74. The minimum Gasteiger partial charge on any atom is -0.361 e. The second kappa shape index (κ2) is 9.19. The quantitative estimate of drug-likeness (QED) is 0.730. The summed E-state index contributed by atoms with van der Waals surface area (Å²) < 4.78 is 7.13. The Labute approximate surface area is 180 Å². The molecule has 0 amide bonds. The summed E-state index contributed by atoms with van der Waals surface area (Å²) in [6.07, 6.45) is 4.90. The van der Waals surface area contributed by atoms with Gasteiger partial charge in [0.15, 0.2) is 0 Å². The molecule has 1 aliphatic rings. The van der Waals surface area contributed by atoms with Gasteiger partial charge in [-0.15, -0.1) is 0 Å². The third-order valence-electron chi connectivity index (χ3n) is 5.90. The fraction of sp³-hybridized carbons (Fsp3) is 0.727. The van der Waals surface area contributed by atoms with Crippen LogP contribution in [0.2, 0.25) is 5.15 Å². The van der Waals surface area contributed by atoms with Gasteiger partial charge in [-0.25, -0.2) is 0 Å². The van der Waals surface area contributed by atoms with E-state index in [2.05, 4.69) is 41.2 Å². The maximum Gasteiger partial charge on any atom is 0.137 e. The van der Waals surface area contributed by atoms with Gasteiger partial charge in [-0.3, -0.25) is 9.58 Å². The van der Waals surface area contributed by atoms with E-state index in [1.54, 1.807) is 4.68 Å². The zero-order chi connectivity index (χ0) is 21.2. The van der Waals surface area contributed by atoms with E-state index in [-0.39, 0.29) is 0 Å². The lowest BCUT2D eigenvalue weighted by Gasteiger charge is -2.26. The van der Waals surface area contributed by atoms with Crippen LogP contribution in [0.5, 0.6) is 0 Å². The number of hydrogen-bond acceptors (Lipinski definition) is 5. The van der Waals surface area contributed by atoms with Gasteiger partial charge in [0.05, 0.1) is 0 Å². The third kappa shape index (κ3) is 5.62. The number of likely N-dealkylation sites (tertiary alicyclic amines) is 1. The molecule has 7 heteroatoms. The van der Waals surface area contributed by atoms with E-state index in [0.29, 0.717) is 16.6 Å². The van der Waals surface area contributed by atoms with Gasteiger partial charge in [-0.2, -0.15) is 5.10 Å². The monoisotopic (exact) mass is 421 g/mol. The highest BCUT2D eigenvalue weighted by Crippen LogP contribution is 2.32. The van der Waals surface area contributed by atoms with E-state index in [9.17, 15) is 0 Å². The van der Waals surface area contributed by atoms with Gasteiger partial charge >= 0.3 is 0 Å². The average molecular weight is 422 g/mol. The van der Waals surface area contributed by atoms with Crippen molar-refractivity contribution in [3.05, 3.63) is 22.0 Å². The average Bonchev–Trinajstić information content (AvgIpc) is 2.99. The lowest BCUT2D eigenvalue weighted by atomic mass is 9.92. The van der Waals surface area contributed by atoms with Crippen molar-refractivity contribution in [2.75, 3.05) is 19.6 Å². The molecule has 1 atom stereocenters. The van der Waals surface area contributed by atoms with Crippen LogP contribution in [0, 0.1) is 19.3 Å². The highest BCUT2D eigenvalue weighted by molar-refractivity contribution is 6.30. The molecular weight excluding hydrogens is 386 g/mol. The van der Waals surface area contributed by atoms with Crippen LogP contribution in [0.4, 0.5) is 0 Å². The number of aromatic nitrogens is 3. The summed E-state index contributed by atoms with van der Waals surface area (Å²) in [7, 11) is 1.89. The molecule has 0 bridgehead atoms. The molecule has 6 nitrogen and oxygen atoms in total. The molecule has 0 aromatic carbocycles. The zero-order valence-corrected chi connectivity index (χ0v) is 19.6. The summed E-state index contributed by atoms with van der Waals surface area (Å²) in [6, 6.07) is 0.523. The Hall–Kier alpha value is -1.37. The van der Waals surface area contributed by atoms with Crippen molar-refractivity contribution in [3.63, 3.8) is 0 Å². The molecule has 0 aliphatic carbocycles. The molecule has 29 heavy (non-hydrogen) atoms. The second-order valence-corrected chi connectivity index (χ2v) is 10.0. The van der Waals surface area contributed by atoms with Crippen molar-refractivity contribution in [2.45, 2.75) is 72.9 Å². The van der Waals surface area contributed by atoms with E-state index in [4.69, 9.17) is 16.1 Å². The minimum atomic E-state index is 0.364. The number of rotatable bonds is 6. The molecule has 2 aromatic rings.